The molecule has 1 heteroatoms. The molecule has 2 unspecified atom stereocenters. The van der Waals surface area contributed by atoms with Crippen molar-refractivity contribution in [1.82, 2.24) is 0 Å². The highest BCUT2D eigenvalue weighted by molar-refractivity contribution is 5.88. The van der Waals surface area contributed by atoms with E-state index < -0.39 is 0 Å². The third kappa shape index (κ3) is 3.43. The average Bonchev–Trinajstić information content (AvgIpc) is 3.06. The minimum atomic E-state index is -0.314. The van der Waals surface area contributed by atoms with Crippen LogP contribution in [-0.2, 0) is 10.2 Å². The minimum Gasteiger partial charge on any atom is -0.299 e. The summed E-state index contributed by atoms with van der Waals surface area (Å²) in [6.07, 6.45) is 4.46. The van der Waals surface area contributed by atoms with Gasteiger partial charge in [-0.2, -0.15) is 0 Å². The monoisotopic (exact) mass is 422 g/mol. The molecule has 0 aliphatic heterocycles. The van der Waals surface area contributed by atoms with E-state index in [-0.39, 0.29) is 5.41 Å². The maximum Gasteiger partial charge on any atom is 0.140 e. The van der Waals surface area contributed by atoms with Gasteiger partial charge in [0.05, 0.1) is 5.41 Å². The molecule has 164 valence electrons. The number of ketones is 1. The Hall–Kier alpha value is -2.67. The van der Waals surface area contributed by atoms with Gasteiger partial charge in [0, 0.05) is 5.92 Å². The number of hydrogen-bond donors (Lipinski definition) is 0. The van der Waals surface area contributed by atoms with Crippen LogP contribution in [-0.4, -0.2) is 5.78 Å². The molecule has 5 rings (SSSR count). The average molecular weight is 423 g/mol. The first-order valence-corrected chi connectivity index (χ1v) is 12.2. The zero-order chi connectivity index (χ0) is 22.3. The van der Waals surface area contributed by atoms with Crippen molar-refractivity contribution in [3.8, 4) is 0 Å². The maximum absolute atomic E-state index is 13.2. The molecule has 3 aromatic rings. The Bertz CT molecular complexity index is 1050. The number of carbonyl (C=O) groups excluding carboxylic acids is 1. The number of benzene rings is 3. The first kappa shape index (κ1) is 21.2. The predicted molar refractivity (Wildman–Crippen MR) is 132 cm³/mol. The van der Waals surface area contributed by atoms with Crippen molar-refractivity contribution < 1.29 is 4.79 Å². The summed E-state index contributed by atoms with van der Waals surface area (Å²) in [5.74, 6) is 2.48. The molecule has 2 aliphatic rings. The fourth-order valence-corrected chi connectivity index (χ4v) is 7.13. The second-order valence-electron chi connectivity index (χ2n) is 10.3. The lowest BCUT2D eigenvalue weighted by Crippen LogP contribution is -2.45. The summed E-state index contributed by atoms with van der Waals surface area (Å²) < 4.78 is 0. The van der Waals surface area contributed by atoms with Crippen LogP contribution in [0.1, 0.15) is 66.3 Å². The molecule has 0 spiro atoms. The van der Waals surface area contributed by atoms with Crippen LogP contribution >= 0.6 is 0 Å². The van der Waals surface area contributed by atoms with Crippen LogP contribution < -0.4 is 0 Å². The second-order valence-corrected chi connectivity index (χ2v) is 10.3. The summed E-state index contributed by atoms with van der Waals surface area (Å²) >= 11 is 0. The molecule has 0 radical (unpaired) electrons. The van der Waals surface area contributed by atoms with Gasteiger partial charge in [0.15, 0.2) is 0 Å². The summed E-state index contributed by atoms with van der Waals surface area (Å²) in [6.45, 7) is 6.34. The van der Waals surface area contributed by atoms with Gasteiger partial charge in [0.25, 0.3) is 0 Å². The number of carbonyl (C=O) groups is 1. The van der Waals surface area contributed by atoms with Crippen molar-refractivity contribution in [2.45, 2.75) is 57.8 Å². The Kier molecular flexibility index (Phi) is 5.53. The van der Waals surface area contributed by atoms with Crippen LogP contribution in [0.15, 0.2) is 78.9 Å². The highest BCUT2D eigenvalue weighted by atomic mass is 16.1. The van der Waals surface area contributed by atoms with Crippen molar-refractivity contribution in [2.24, 2.45) is 17.8 Å². The predicted octanol–water partition coefficient (Wildman–Crippen LogP) is 7.40. The lowest BCUT2D eigenvalue weighted by molar-refractivity contribution is -0.125. The second kappa shape index (κ2) is 8.35. The van der Waals surface area contributed by atoms with Crippen molar-refractivity contribution in [1.29, 1.82) is 0 Å². The number of rotatable bonds is 5. The van der Waals surface area contributed by atoms with Crippen molar-refractivity contribution in [3.05, 3.63) is 107 Å². The highest BCUT2D eigenvalue weighted by Gasteiger charge is 2.54. The molecule has 0 heterocycles. The molecule has 2 aliphatic carbocycles. The van der Waals surface area contributed by atoms with Gasteiger partial charge in [-0.1, -0.05) is 78.9 Å². The van der Waals surface area contributed by atoms with Crippen LogP contribution in [0, 0.1) is 31.6 Å². The van der Waals surface area contributed by atoms with Crippen molar-refractivity contribution in [2.75, 3.05) is 0 Å². The van der Waals surface area contributed by atoms with E-state index >= 15 is 0 Å². The van der Waals surface area contributed by atoms with Gasteiger partial charge in [-0.05, 0) is 92.0 Å². The number of Topliss-reactive ketones (excluding diaryl/α,β-unsaturated/α-hetero) is 1. The van der Waals surface area contributed by atoms with E-state index in [9.17, 15) is 4.79 Å². The van der Waals surface area contributed by atoms with Gasteiger partial charge in [0.1, 0.15) is 5.78 Å². The van der Waals surface area contributed by atoms with E-state index in [1.54, 1.807) is 0 Å². The first-order valence-electron chi connectivity index (χ1n) is 12.2. The minimum absolute atomic E-state index is 0.314. The third-order valence-electron chi connectivity index (χ3n) is 8.65. The van der Waals surface area contributed by atoms with Crippen molar-refractivity contribution >= 4 is 5.78 Å². The highest BCUT2D eigenvalue weighted by Crippen LogP contribution is 2.60. The maximum atomic E-state index is 13.2. The molecule has 32 heavy (non-hydrogen) atoms. The van der Waals surface area contributed by atoms with E-state index in [0.717, 1.165) is 12.8 Å². The molecular formula is C31H34O. The van der Waals surface area contributed by atoms with Crippen LogP contribution in [0.2, 0.25) is 0 Å². The van der Waals surface area contributed by atoms with Crippen LogP contribution in [0.3, 0.4) is 0 Å². The molecule has 2 saturated carbocycles. The molecule has 2 fully saturated rings. The van der Waals surface area contributed by atoms with Gasteiger partial charge in [-0.3, -0.25) is 4.79 Å². The molecule has 1 nitrogen and oxygen atoms in total. The molecular weight excluding hydrogens is 388 g/mol. The number of aryl methyl sites for hydroxylation is 2. The smallest absolute Gasteiger partial charge is 0.140 e. The Balaban J connectivity index is 1.60. The fourth-order valence-electron chi connectivity index (χ4n) is 7.13. The summed E-state index contributed by atoms with van der Waals surface area (Å²) in [5.41, 5.74) is 6.62. The Morgan fingerprint density at radius 2 is 1.22 bits per heavy atom. The number of hydrogen-bond acceptors (Lipinski definition) is 1. The molecule has 2 atom stereocenters. The van der Waals surface area contributed by atoms with Crippen molar-refractivity contribution in [3.63, 3.8) is 0 Å². The normalized spacial score (nSPS) is 26.9. The Morgan fingerprint density at radius 1 is 0.750 bits per heavy atom. The SMILES string of the molecule is CC(=O)C1(c2ccccc2)CC2CCC(C1)C2C(c1ccccc1C)c1ccccc1C. The van der Waals surface area contributed by atoms with Gasteiger partial charge in [-0.25, -0.2) is 0 Å². The fraction of sp³-hybridized carbons (Fsp3) is 0.387. The zero-order valence-electron chi connectivity index (χ0n) is 19.6. The van der Waals surface area contributed by atoms with E-state index in [4.69, 9.17) is 0 Å². The quantitative estimate of drug-likeness (QED) is 0.419. The Morgan fingerprint density at radius 3 is 1.69 bits per heavy atom. The van der Waals surface area contributed by atoms with E-state index in [2.05, 4.69) is 92.7 Å². The molecule has 0 amide bonds. The summed E-state index contributed by atoms with van der Waals surface area (Å²) in [4.78, 5) is 13.2. The van der Waals surface area contributed by atoms with Crippen LogP contribution in [0.25, 0.3) is 0 Å². The van der Waals surface area contributed by atoms with E-state index in [0.29, 0.717) is 29.5 Å². The lowest BCUT2D eigenvalue weighted by Gasteiger charge is -2.47. The summed E-state index contributed by atoms with van der Waals surface area (Å²) in [7, 11) is 0. The molecule has 0 saturated heterocycles. The van der Waals surface area contributed by atoms with Crippen LogP contribution in [0.5, 0.6) is 0 Å². The first-order chi connectivity index (χ1) is 15.5. The van der Waals surface area contributed by atoms with Crippen LogP contribution in [0.4, 0.5) is 0 Å². The Labute approximate surface area is 192 Å². The van der Waals surface area contributed by atoms with Gasteiger partial charge < -0.3 is 0 Å². The van der Waals surface area contributed by atoms with E-state index in [1.807, 2.05) is 6.92 Å². The summed E-state index contributed by atoms with van der Waals surface area (Å²) in [5, 5.41) is 0. The molecule has 0 aromatic heterocycles. The zero-order valence-corrected chi connectivity index (χ0v) is 19.6. The van der Waals surface area contributed by atoms with Gasteiger partial charge in [-0.15, -0.1) is 0 Å². The topological polar surface area (TPSA) is 17.1 Å². The van der Waals surface area contributed by atoms with Gasteiger partial charge >= 0.3 is 0 Å². The molecule has 0 N–H and O–H groups in total. The van der Waals surface area contributed by atoms with Gasteiger partial charge in [0.2, 0.25) is 0 Å². The molecule has 2 bridgehead atoms. The van der Waals surface area contributed by atoms with E-state index in [1.165, 1.54) is 40.7 Å². The molecule has 3 aromatic carbocycles. The third-order valence-corrected chi connectivity index (χ3v) is 8.65. The largest absolute Gasteiger partial charge is 0.299 e. The standard InChI is InChI=1S/C31H34O/c1-21-11-7-9-15-27(21)30(28-16-10-8-12-22(28)2)29-24-17-18-25(29)20-31(19-24,23(3)32)26-13-5-4-6-14-26/h4-16,24-25,29-30H,17-20H2,1-3H3. The lowest BCUT2D eigenvalue weighted by atomic mass is 9.56. The number of fused-ring (bicyclic) bond motifs is 2. The summed E-state index contributed by atoms with van der Waals surface area (Å²) in [6, 6.07) is 28.5.